The van der Waals surface area contributed by atoms with Gasteiger partial charge in [0.15, 0.2) is 0 Å². The molecule has 25 heavy (non-hydrogen) atoms. The van der Waals surface area contributed by atoms with Gasteiger partial charge in [0.2, 0.25) is 0 Å². The van der Waals surface area contributed by atoms with Crippen LogP contribution in [-0.2, 0) is 12.8 Å². The van der Waals surface area contributed by atoms with Crippen molar-refractivity contribution < 1.29 is 4.39 Å². The molecule has 1 atom stereocenters. The maximum atomic E-state index is 13.0. The number of hydrogen-bond acceptors (Lipinski definition) is 1. The van der Waals surface area contributed by atoms with Crippen LogP contribution in [0.1, 0.15) is 48.3 Å². The van der Waals surface area contributed by atoms with Gasteiger partial charge in [0.1, 0.15) is 5.82 Å². The molecule has 1 aliphatic heterocycles. The van der Waals surface area contributed by atoms with Crippen molar-refractivity contribution in [3.05, 3.63) is 71.0 Å². The molecule has 2 aromatic carbocycles. The smallest absolute Gasteiger partial charge is 0.123 e. The number of nitrogens with zero attached hydrogens (tertiary/aromatic N) is 1. The first kappa shape index (κ1) is 16.8. The molecule has 0 bridgehead atoms. The first-order chi connectivity index (χ1) is 12.3. The van der Waals surface area contributed by atoms with Crippen LogP contribution in [-0.4, -0.2) is 24.5 Å². The van der Waals surface area contributed by atoms with Gasteiger partial charge in [-0.15, -0.1) is 0 Å². The number of rotatable bonds is 4. The predicted molar refractivity (Wildman–Crippen MR) is 101 cm³/mol. The summed E-state index contributed by atoms with van der Waals surface area (Å²) >= 11 is 0. The molecule has 132 valence electrons. The molecule has 1 saturated heterocycles. The van der Waals surface area contributed by atoms with E-state index in [9.17, 15) is 4.39 Å². The van der Waals surface area contributed by atoms with Crippen LogP contribution in [0.5, 0.6) is 0 Å². The normalized spacial score (nSPS) is 21.9. The van der Waals surface area contributed by atoms with Gasteiger partial charge >= 0.3 is 0 Å². The SMILES string of the molecule is Fc1ccc(CCN2CCC(C3CCCc4ccccc43)CC2)cc1. The molecule has 1 fully saturated rings. The lowest BCUT2D eigenvalue weighted by molar-refractivity contribution is 0.164. The maximum Gasteiger partial charge on any atom is 0.123 e. The minimum atomic E-state index is -0.141. The van der Waals surface area contributed by atoms with Gasteiger partial charge in [0.25, 0.3) is 0 Å². The molecule has 0 amide bonds. The number of piperidine rings is 1. The van der Waals surface area contributed by atoms with Crippen molar-refractivity contribution >= 4 is 0 Å². The number of likely N-dealkylation sites (tertiary alicyclic amines) is 1. The lowest BCUT2D eigenvalue weighted by atomic mass is 9.72. The van der Waals surface area contributed by atoms with Crippen LogP contribution in [0.3, 0.4) is 0 Å². The van der Waals surface area contributed by atoms with E-state index in [1.54, 1.807) is 23.3 Å². The van der Waals surface area contributed by atoms with E-state index in [4.69, 9.17) is 0 Å². The zero-order chi connectivity index (χ0) is 17.1. The van der Waals surface area contributed by atoms with E-state index in [2.05, 4.69) is 29.2 Å². The summed E-state index contributed by atoms with van der Waals surface area (Å²) < 4.78 is 13.0. The average Bonchev–Trinajstić information content (AvgIpc) is 2.68. The molecule has 0 radical (unpaired) electrons. The zero-order valence-electron chi connectivity index (χ0n) is 15.0. The van der Waals surface area contributed by atoms with E-state index in [0.29, 0.717) is 0 Å². The Balaban J connectivity index is 1.31. The number of fused-ring (bicyclic) bond motifs is 1. The highest BCUT2D eigenvalue weighted by Crippen LogP contribution is 2.41. The Morgan fingerprint density at radius 3 is 2.48 bits per heavy atom. The van der Waals surface area contributed by atoms with E-state index in [-0.39, 0.29) is 5.82 Å². The highest BCUT2D eigenvalue weighted by Gasteiger charge is 2.30. The lowest BCUT2D eigenvalue weighted by Gasteiger charge is -2.38. The summed E-state index contributed by atoms with van der Waals surface area (Å²) in [7, 11) is 0. The predicted octanol–water partition coefficient (Wildman–Crippen LogP) is 5.20. The fourth-order valence-corrected chi connectivity index (χ4v) is 4.80. The molecule has 0 saturated carbocycles. The van der Waals surface area contributed by atoms with Gasteiger partial charge in [-0.1, -0.05) is 36.4 Å². The Hall–Kier alpha value is -1.67. The molecule has 1 unspecified atom stereocenters. The molecule has 0 aromatic heterocycles. The molecule has 0 spiro atoms. The Morgan fingerprint density at radius 1 is 0.920 bits per heavy atom. The van der Waals surface area contributed by atoms with Crippen LogP contribution in [0.25, 0.3) is 0 Å². The number of aryl methyl sites for hydroxylation is 1. The van der Waals surface area contributed by atoms with E-state index in [0.717, 1.165) is 24.8 Å². The zero-order valence-corrected chi connectivity index (χ0v) is 15.0. The molecule has 2 heteroatoms. The fraction of sp³-hybridized carbons (Fsp3) is 0.478. The minimum absolute atomic E-state index is 0.141. The summed E-state index contributed by atoms with van der Waals surface area (Å²) in [6.07, 6.45) is 7.66. The van der Waals surface area contributed by atoms with Crippen molar-refractivity contribution in [3.8, 4) is 0 Å². The molecule has 1 heterocycles. The van der Waals surface area contributed by atoms with Crippen molar-refractivity contribution in [1.29, 1.82) is 0 Å². The van der Waals surface area contributed by atoms with Gasteiger partial charge in [-0.3, -0.25) is 0 Å². The number of hydrogen-bond donors (Lipinski definition) is 0. The monoisotopic (exact) mass is 337 g/mol. The van der Waals surface area contributed by atoms with E-state index >= 15 is 0 Å². The van der Waals surface area contributed by atoms with Crippen LogP contribution in [0, 0.1) is 11.7 Å². The van der Waals surface area contributed by atoms with Crippen LogP contribution in [0.15, 0.2) is 48.5 Å². The third kappa shape index (κ3) is 3.95. The quantitative estimate of drug-likeness (QED) is 0.741. The highest BCUT2D eigenvalue weighted by atomic mass is 19.1. The first-order valence-electron chi connectivity index (χ1n) is 9.84. The Labute approximate surface area is 150 Å². The molecule has 2 aliphatic rings. The van der Waals surface area contributed by atoms with Crippen molar-refractivity contribution in [2.75, 3.05) is 19.6 Å². The molecular formula is C23H28FN. The maximum absolute atomic E-state index is 13.0. The third-order valence-electron chi connectivity index (χ3n) is 6.25. The van der Waals surface area contributed by atoms with Gasteiger partial charge in [-0.2, -0.15) is 0 Å². The summed E-state index contributed by atoms with van der Waals surface area (Å²) in [6, 6.07) is 16.1. The Kier molecular flexibility index (Phi) is 5.17. The second-order valence-corrected chi connectivity index (χ2v) is 7.75. The van der Waals surface area contributed by atoms with Crippen LogP contribution < -0.4 is 0 Å². The number of halogens is 1. The van der Waals surface area contributed by atoms with E-state index < -0.39 is 0 Å². The third-order valence-corrected chi connectivity index (χ3v) is 6.25. The molecule has 1 aliphatic carbocycles. The van der Waals surface area contributed by atoms with Crippen molar-refractivity contribution in [2.45, 2.75) is 44.4 Å². The second kappa shape index (κ2) is 7.70. The first-order valence-corrected chi connectivity index (χ1v) is 9.84. The van der Waals surface area contributed by atoms with Crippen LogP contribution in [0.4, 0.5) is 4.39 Å². The summed E-state index contributed by atoms with van der Waals surface area (Å²) in [5.41, 5.74) is 4.47. The Bertz CT molecular complexity index is 685. The minimum Gasteiger partial charge on any atom is -0.303 e. The van der Waals surface area contributed by atoms with Gasteiger partial charge < -0.3 is 4.90 Å². The summed E-state index contributed by atoms with van der Waals surface area (Å²) in [5.74, 6) is 1.49. The highest BCUT2D eigenvalue weighted by molar-refractivity contribution is 5.33. The fourth-order valence-electron chi connectivity index (χ4n) is 4.80. The summed E-state index contributed by atoms with van der Waals surface area (Å²) in [5, 5.41) is 0. The second-order valence-electron chi connectivity index (χ2n) is 7.75. The summed E-state index contributed by atoms with van der Waals surface area (Å²) in [4.78, 5) is 2.59. The molecule has 4 rings (SSSR count). The largest absolute Gasteiger partial charge is 0.303 e. The molecule has 2 aromatic rings. The van der Waals surface area contributed by atoms with Gasteiger partial charge in [0.05, 0.1) is 0 Å². The van der Waals surface area contributed by atoms with Gasteiger partial charge in [-0.05, 0) is 92.3 Å². The van der Waals surface area contributed by atoms with Crippen molar-refractivity contribution in [3.63, 3.8) is 0 Å². The topological polar surface area (TPSA) is 3.24 Å². The van der Waals surface area contributed by atoms with E-state index in [1.165, 1.54) is 50.8 Å². The molecular weight excluding hydrogens is 309 g/mol. The molecule has 0 N–H and O–H groups in total. The number of benzene rings is 2. The standard InChI is InChI=1S/C23H28FN/c24-21-10-8-18(9-11-21)12-15-25-16-13-20(14-17-25)23-7-3-5-19-4-1-2-6-22(19)23/h1-2,4,6,8-11,20,23H,3,5,7,12-17H2. The molecule has 1 nitrogen and oxygen atoms in total. The van der Waals surface area contributed by atoms with Crippen LogP contribution >= 0.6 is 0 Å². The van der Waals surface area contributed by atoms with Crippen molar-refractivity contribution in [1.82, 2.24) is 4.90 Å². The summed E-state index contributed by atoms with van der Waals surface area (Å²) in [6.45, 7) is 3.52. The average molecular weight is 337 g/mol. The van der Waals surface area contributed by atoms with Gasteiger partial charge in [0, 0.05) is 6.54 Å². The van der Waals surface area contributed by atoms with Crippen LogP contribution in [0.2, 0.25) is 0 Å². The lowest BCUT2D eigenvalue weighted by Crippen LogP contribution is -2.37. The van der Waals surface area contributed by atoms with E-state index in [1.807, 2.05) is 12.1 Å². The van der Waals surface area contributed by atoms with Crippen molar-refractivity contribution in [2.24, 2.45) is 5.92 Å². The Morgan fingerprint density at radius 2 is 1.68 bits per heavy atom. The van der Waals surface area contributed by atoms with Gasteiger partial charge in [-0.25, -0.2) is 4.39 Å².